The molecule has 5 heteroatoms. The van der Waals surface area contributed by atoms with Crippen molar-refractivity contribution in [1.82, 2.24) is 0 Å². The maximum absolute atomic E-state index is 9.47. The summed E-state index contributed by atoms with van der Waals surface area (Å²) in [7, 11) is 0. The van der Waals surface area contributed by atoms with Gasteiger partial charge in [-0.1, -0.05) is 58.2 Å². The van der Waals surface area contributed by atoms with E-state index in [9.17, 15) is 10.3 Å². The molecule has 0 aliphatic heterocycles. The Bertz CT molecular complexity index is 637. The third-order valence-corrected chi connectivity index (χ3v) is 3.61. The third-order valence-electron chi connectivity index (χ3n) is 2.74. The molecule has 0 fully saturated rings. The normalized spacial score (nSPS) is 11.6. The highest BCUT2D eigenvalue weighted by Gasteiger charge is 2.16. The van der Waals surface area contributed by atoms with Gasteiger partial charge in [-0.25, -0.2) is 0 Å². The van der Waals surface area contributed by atoms with Crippen molar-refractivity contribution in [2.75, 3.05) is 0 Å². The number of rotatable bonds is 2. The van der Waals surface area contributed by atoms with E-state index in [1.165, 1.54) is 6.07 Å². The van der Waals surface area contributed by atoms with Crippen molar-refractivity contribution in [3.05, 3.63) is 63.1 Å². The number of phenolic OH excluding ortho intramolecular Hbond substituents is 1. The van der Waals surface area contributed by atoms with E-state index in [1.807, 2.05) is 31.2 Å². The molecule has 0 saturated carbocycles. The van der Waals surface area contributed by atoms with Crippen LogP contribution >= 0.6 is 23.2 Å². The summed E-state index contributed by atoms with van der Waals surface area (Å²) in [6.07, 6.45) is 0. The van der Waals surface area contributed by atoms with Crippen LogP contribution in [0.3, 0.4) is 0 Å². The van der Waals surface area contributed by atoms with Crippen LogP contribution in [0.5, 0.6) is 5.75 Å². The maximum Gasteiger partial charge on any atom is 0.135 e. The van der Waals surface area contributed by atoms with Gasteiger partial charge in [0.2, 0.25) is 0 Å². The Morgan fingerprint density at radius 3 is 2.21 bits per heavy atom. The summed E-state index contributed by atoms with van der Waals surface area (Å²) in [5.74, 6) is -0.114. The fraction of sp³-hybridized carbons (Fsp3) is 0.0714. The monoisotopic (exact) mass is 295 g/mol. The molecule has 0 aliphatic rings. The van der Waals surface area contributed by atoms with E-state index in [4.69, 9.17) is 23.2 Å². The van der Waals surface area contributed by atoms with Crippen molar-refractivity contribution in [1.29, 1.82) is 0 Å². The molecule has 2 rings (SSSR count). The smallest absolute Gasteiger partial charge is 0.135 e. The summed E-state index contributed by atoms with van der Waals surface area (Å²) in [6.45, 7) is 1.96. The molecule has 19 heavy (non-hydrogen) atoms. The number of oxime groups is 1. The number of nitrogens with zero attached hydrogens (tertiary/aromatic N) is 1. The number of phenols is 1. The summed E-state index contributed by atoms with van der Waals surface area (Å²) in [5.41, 5.74) is 2.55. The van der Waals surface area contributed by atoms with Crippen LogP contribution in [0.2, 0.25) is 10.0 Å². The molecule has 98 valence electrons. The topological polar surface area (TPSA) is 52.8 Å². The lowest BCUT2D eigenvalue weighted by atomic mass is 10.0. The maximum atomic E-state index is 9.47. The van der Waals surface area contributed by atoms with Crippen molar-refractivity contribution < 1.29 is 10.3 Å². The Hall–Kier alpha value is -1.71. The molecule has 0 aliphatic carbocycles. The van der Waals surface area contributed by atoms with Crippen molar-refractivity contribution in [2.24, 2.45) is 5.16 Å². The lowest BCUT2D eigenvalue weighted by Gasteiger charge is -2.09. The van der Waals surface area contributed by atoms with E-state index < -0.39 is 0 Å². The van der Waals surface area contributed by atoms with Crippen LogP contribution in [0.4, 0.5) is 0 Å². The fourth-order valence-electron chi connectivity index (χ4n) is 1.70. The summed E-state index contributed by atoms with van der Waals surface area (Å²) in [4.78, 5) is 0. The van der Waals surface area contributed by atoms with E-state index >= 15 is 0 Å². The van der Waals surface area contributed by atoms with Gasteiger partial charge >= 0.3 is 0 Å². The van der Waals surface area contributed by atoms with E-state index in [1.54, 1.807) is 6.07 Å². The minimum atomic E-state index is -0.114. The van der Waals surface area contributed by atoms with E-state index in [-0.39, 0.29) is 15.8 Å². The van der Waals surface area contributed by atoms with Gasteiger partial charge in [-0.15, -0.1) is 0 Å². The second kappa shape index (κ2) is 5.51. The molecule has 2 aromatic rings. The predicted molar refractivity (Wildman–Crippen MR) is 76.7 cm³/mol. The highest BCUT2D eigenvalue weighted by atomic mass is 35.5. The first-order valence-corrected chi connectivity index (χ1v) is 6.26. The second-order valence-corrected chi connectivity index (χ2v) is 4.83. The fourth-order valence-corrected chi connectivity index (χ4v) is 2.11. The van der Waals surface area contributed by atoms with Crippen molar-refractivity contribution in [2.45, 2.75) is 6.92 Å². The first kappa shape index (κ1) is 13.7. The number of aryl methyl sites for hydroxylation is 1. The lowest BCUT2D eigenvalue weighted by molar-refractivity contribution is 0.319. The Balaban J connectivity index is 2.55. The van der Waals surface area contributed by atoms with Crippen molar-refractivity contribution in [3.8, 4) is 5.75 Å². The standard InChI is InChI=1S/C14H11Cl2NO2/c1-8-2-4-9(5-3-8)14(17-19)10-6-7-11(18)13(16)12(10)15/h2-7,18-19H,1H3. The Kier molecular flexibility index (Phi) is 3.98. The quantitative estimate of drug-likeness (QED) is 0.495. The van der Waals surface area contributed by atoms with Gasteiger partial charge in [0, 0.05) is 11.1 Å². The Labute approximate surface area is 120 Å². The molecule has 0 spiro atoms. The van der Waals surface area contributed by atoms with E-state index in [2.05, 4.69) is 5.16 Å². The van der Waals surface area contributed by atoms with E-state index in [0.717, 1.165) is 5.56 Å². The van der Waals surface area contributed by atoms with Crippen molar-refractivity contribution in [3.63, 3.8) is 0 Å². The SMILES string of the molecule is Cc1ccc(C(=NO)c2ccc(O)c(Cl)c2Cl)cc1. The highest BCUT2D eigenvalue weighted by Crippen LogP contribution is 2.34. The third kappa shape index (κ3) is 2.67. The zero-order chi connectivity index (χ0) is 14.0. The molecular formula is C14H11Cl2NO2. The lowest BCUT2D eigenvalue weighted by Crippen LogP contribution is -2.04. The van der Waals surface area contributed by atoms with Gasteiger partial charge < -0.3 is 10.3 Å². The number of benzene rings is 2. The molecule has 0 aromatic heterocycles. The minimum absolute atomic E-state index is 0.0347. The molecule has 3 nitrogen and oxygen atoms in total. The largest absolute Gasteiger partial charge is 0.506 e. The van der Waals surface area contributed by atoms with Gasteiger partial charge in [-0.05, 0) is 19.1 Å². The van der Waals surface area contributed by atoms with Crippen LogP contribution in [-0.4, -0.2) is 16.0 Å². The Morgan fingerprint density at radius 2 is 1.63 bits per heavy atom. The second-order valence-electron chi connectivity index (χ2n) is 4.07. The molecule has 2 aromatic carbocycles. The van der Waals surface area contributed by atoms with Crippen LogP contribution in [0, 0.1) is 6.92 Å². The Morgan fingerprint density at radius 1 is 1.00 bits per heavy atom. The first-order valence-electron chi connectivity index (χ1n) is 5.51. The van der Waals surface area contributed by atoms with Crippen LogP contribution < -0.4 is 0 Å². The number of hydrogen-bond acceptors (Lipinski definition) is 3. The molecule has 0 bridgehead atoms. The van der Waals surface area contributed by atoms with Crippen LogP contribution in [0.25, 0.3) is 0 Å². The zero-order valence-electron chi connectivity index (χ0n) is 10.1. The van der Waals surface area contributed by atoms with Gasteiger partial charge in [-0.2, -0.15) is 0 Å². The molecule has 0 amide bonds. The van der Waals surface area contributed by atoms with Crippen LogP contribution in [-0.2, 0) is 0 Å². The van der Waals surface area contributed by atoms with Crippen molar-refractivity contribution >= 4 is 28.9 Å². The summed E-state index contributed by atoms with van der Waals surface area (Å²) in [5, 5.41) is 22.1. The van der Waals surface area contributed by atoms with E-state index in [0.29, 0.717) is 16.8 Å². The first-order chi connectivity index (χ1) is 9.04. The summed E-state index contributed by atoms with van der Waals surface area (Å²) in [6, 6.07) is 10.4. The highest BCUT2D eigenvalue weighted by molar-refractivity contribution is 6.45. The number of aromatic hydroxyl groups is 1. The number of hydrogen-bond donors (Lipinski definition) is 2. The molecule has 0 atom stereocenters. The average molecular weight is 296 g/mol. The molecule has 2 N–H and O–H groups in total. The zero-order valence-corrected chi connectivity index (χ0v) is 11.6. The van der Waals surface area contributed by atoms with Crippen LogP contribution in [0.15, 0.2) is 41.6 Å². The molecular weight excluding hydrogens is 285 g/mol. The average Bonchev–Trinajstić information content (AvgIpc) is 2.41. The van der Waals surface area contributed by atoms with Gasteiger partial charge in [0.15, 0.2) is 0 Å². The van der Waals surface area contributed by atoms with Gasteiger partial charge in [0.05, 0.1) is 5.02 Å². The molecule has 0 unspecified atom stereocenters. The van der Waals surface area contributed by atoms with Gasteiger partial charge in [0.1, 0.15) is 16.5 Å². The van der Waals surface area contributed by atoms with Gasteiger partial charge in [0.25, 0.3) is 0 Å². The molecule has 0 radical (unpaired) electrons. The van der Waals surface area contributed by atoms with Gasteiger partial charge in [-0.3, -0.25) is 0 Å². The predicted octanol–water partition coefficient (Wildman–Crippen LogP) is 4.23. The number of halogens is 2. The van der Waals surface area contributed by atoms with Crippen LogP contribution in [0.1, 0.15) is 16.7 Å². The summed E-state index contributed by atoms with van der Waals surface area (Å²) < 4.78 is 0. The molecule has 0 saturated heterocycles. The molecule has 0 heterocycles. The summed E-state index contributed by atoms with van der Waals surface area (Å²) >= 11 is 11.9. The minimum Gasteiger partial charge on any atom is -0.506 e.